The van der Waals surface area contributed by atoms with Crippen molar-refractivity contribution in [2.24, 2.45) is 11.7 Å². The molecule has 1 unspecified atom stereocenters. The monoisotopic (exact) mass is 370 g/mol. The third-order valence-corrected chi connectivity index (χ3v) is 5.61. The molecule has 0 saturated heterocycles. The molecule has 1 atom stereocenters. The highest BCUT2D eigenvalue weighted by Gasteiger charge is 2.23. The van der Waals surface area contributed by atoms with Crippen molar-refractivity contribution in [2.75, 3.05) is 13.6 Å². The largest absolute Gasteiger partial charge is 0.433 e. The average Bonchev–Trinajstić information content (AvgIpc) is 2.45. The molecule has 0 heterocycles. The van der Waals surface area contributed by atoms with Gasteiger partial charge in [0.25, 0.3) is 0 Å². The maximum atomic E-state index is 12.4. The number of benzene rings is 1. The Hall–Kier alpha value is -0.960. The van der Waals surface area contributed by atoms with Gasteiger partial charge in [-0.25, -0.2) is 12.7 Å². The van der Waals surface area contributed by atoms with Gasteiger partial charge < -0.3 is 10.5 Å². The Labute approximate surface area is 140 Å². The number of ether oxygens (including phenoxy) is 1. The second-order valence-corrected chi connectivity index (χ2v) is 7.95. The molecule has 0 aliphatic heterocycles. The van der Waals surface area contributed by atoms with Gasteiger partial charge in [0.1, 0.15) is 5.75 Å². The van der Waals surface area contributed by atoms with Gasteiger partial charge in [-0.2, -0.15) is 8.78 Å². The Kier molecular flexibility index (Phi) is 7.19. The summed E-state index contributed by atoms with van der Waals surface area (Å²) in [6, 6.07) is 3.26. The van der Waals surface area contributed by atoms with Crippen molar-refractivity contribution >= 4 is 21.6 Å². The summed E-state index contributed by atoms with van der Waals surface area (Å²) >= 11 is 5.79. The van der Waals surface area contributed by atoms with Gasteiger partial charge >= 0.3 is 6.61 Å². The lowest BCUT2D eigenvalue weighted by atomic mass is 10.0. The zero-order chi connectivity index (χ0) is 17.8. The van der Waals surface area contributed by atoms with Crippen LogP contribution in [0.2, 0.25) is 5.02 Å². The molecule has 132 valence electrons. The van der Waals surface area contributed by atoms with Crippen LogP contribution in [0, 0.1) is 5.92 Å². The standard InChI is InChI=1S/C14H21ClF2N2O3S/c1-9(2)12(18)6-7-19(3)23(20,21)10-4-5-13(11(15)8-10)22-14(16)17/h4-5,8-9,12,14H,6-7,18H2,1-3H3. The van der Waals surface area contributed by atoms with E-state index in [1.807, 2.05) is 13.8 Å². The first-order valence-electron chi connectivity index (χ1n) is 7.02. The number of nitrogens with zero attached hydrogens (tertiary/aromatic N) is 1. The summed E-state index contributed by atoms with van der Waals surface area (Å²) in [5.74, 6) is -0.0311. The van der Waals surface area contributed by atoms with Crippen molar-refractivity contribution in [2.45, 2.75) is 37.8 Å². The molecule has 0 aliphatic rings. The van der Waals surface area contributed by atoms with Gasteiger partial charge in [0, 0.05) is 19.6 Å². The van der Waals surface area contributed by atoms with Crippen molar-refractivity contribution in [3.05, 3.63) is 23.2 Å². The SMILES string of the molecule is CC(C)C(N)CCN(C)S(=O)(=O)c1ccc(OC(F)F)c(Cl)c1. The Morgan fingerprint density at radius 2 is 1.96 bits per heavy atom. The molecule has 23 heavy (non-hydrogen) atoms. The van der Waals surface area contributed by atoms with E-state index >= 15 is 0 Å². The van der Waals surface area contributed by atoms with E-state index in [0.717, 1.165) is 16.4 Å². The molecule has 1 aromatic carbocycles. The molecule has 9 heteroatoms. The first-order valence-corrected chi connectivity index (χ1v) is 8.83. The first-order chi connectivity index (χ1) is 10.6. The predicted molar refractivity (Wildman–Crippen MR) is 85.3 cm³/mol. The Morgan fingerprint density at radius 1 is 1.35 bits per heavy atom. The van der Waals surface area contributed by atoms with Crippen molar-refractivity contribution in [3.8, 4) is 5.75 Å². The zero-order valence-electron chi connectivity index (χ0n) is 13.2. The quantitative estimate of drug-likeness (QED) is 0.763. The predicted octanol–water partition coefficient (Wildman–Crippen LogP) is 2.94. The number of nitrogens with two attached hydrogens (primary N) is 1. The van der Waals surface area contributed by atoms with Gasteiger partial charge in [-0.05, 0) is 30.5 Å². The lowest BCUT2D eigenvalue weighted by Crippen LogP contribution is -2.34. The highest BCUT2D eigenvalue weighted by molar-refractivity contribution is 7.89. The Bertz CT molecular complexity index is 626. The summed E-state index contributed by atoms with van der Waals surface area (Å²) in [6.07, 6.45) is 0.508. The second-order valence-electron chi connectivity index (χ2n) is 5.49. The van der Waals surface area contributed by atoms with Gasteiger partial charge in [0.05, 0.1) is 9.92 Å². The number of hydrogen-bond acceptors (Lipinski definition) is 4. The van der Waals surface area contributed by atoms with Crippen LogP contribution in [0.3, 0.4) is 0 Å². The van der Waals surface area contributed by atoms with Crippen LogP contribution in [-0.4, -0.2) is 39.0 Å². The van der Waals surface area contributed by atoms with Crippen LogP contribution in [0.15, 0.2) is 23.1 Å². The molecule has 0 bridgehead atoms. The van der Waals surface area contributed by atoms with E-state index in [1.165, 1.54) is 13.1 Å². The number of alkyl halides is 2. The minimum absolute atomic E-state index is 0.0928. The van der Waals surface area contributed by atoms with Crippen LogP contribution in [0.25, 0.3) is 0 Å². The molecular formula is C14H21ClF2N2O3S. The molecule has 0 spiro atoms. The lowest BCUT2D eigenvalue weighted by molar-refractivity contribution is -0.0498. The fourth-order valence-electron chi connectivity index (χ4n) is 1.80. The topological polar surface area (TPSA) is 72.6 Å². The van der Waals surface area contributed by atoms with Crippen LogP contribution in [-0.2, 0) is 10.0 Å². The third-order valence-electron chi connectivity index (χ3n) is 3.46. The summed E-state index contributed by atoms with van der Waals surface area (Å²) in [5, 5.41) is -0.196. The van der Waals surface area contributed by atoms with Crippen LogP contribution in [0.1, 0.15) is 20.3 Å². The van der Waals surface area contributed by atoms with E-state index in [2.05, 4.69) is 4.74 Å². The van der Waals surface area contributed by atoms with Crippen molar-refractivity contribution in [1.82, 2.24) is 4.31 Å². The Balaban J connectivity index is 2.89. The molecule has 0 fully saturated rings. The molecular weight excluding hydrogens is 350 g/mol. The number of rotatable bonds is 8. The summed E-state index contributed by atoms with van der Waals surface area (Å²) in [6.45, 7) is 1.13. The van der Waals surface area contributed by atoms with Gasteiger partial charge in [-0.15, -0.1) is 0 Å². The van der Waals surface area contributed by atoms with Crippen LogP contribution >= 0.6 is 11.6 Å². The molecule has 1 rings (SSSR count). The number of halogens is 3. The van der Waals surface area contributed by atoms with E-state index in [4.69, 9.17) is 17.3 Å². The molecule has 0 amide bonds. The molecule has 0 aliphatic carbocycles. The normalized spacial score (nSPS) is 13.8. The van der Waals surface area contributed by atoms with Crippen LogP contribution < -0.4 is 10.5 Å². The first kappa shape index (κ1) is 20.1. The van der Waals surface area contributed by atoms with Gasteiger partial charge in [0.15, 0.2) is 0 Å². The van der Waals surface area contributed by atoms with Crippen molar-refractivity contribution in [3.63, 3.8) is 0 Å². The van der Waals surface area contributed by atoms with E-state index in [0.29, 0.717) is 6.42 Å². The number of hydrogen-bond donors (Lipinski definition) is 1. The minimum Gasteiger partial charge on any atom is -0.433 e. The molecule has 5 nitrogen and oxygen atoms in total. The van der Waals surface area contributed by atoms with E-state index in [-0.39, 0.29) is 34.2 Å². The van der Waals surface area contributed by atoms with Gasteiger partial charge in [-0.3, -0.25) is 0 Å². The fraction of sp³-hybridized carbons (Fsp3) is 0.571. The minimum atomic E-state index is -3.78. The molecule has 0 saturated carbocycles. The zero-order valence-corrected chi connectivity index (χ0v) is 14.7. The summed E-state index contributed by atoms with van der Waals surface area (Å²) in [7, 11) is -2.35. The Morgan fingerprint density at radius 3 is 2.43 bits per heavy atom. The van der Waals surface area contributed by atoms with Crippen molar-refractivity contribution in [1.29, 1.82) is 0 Å². The molecule has 0 aromatic heterocycles. The maximum Gasteiger partial charge on any atom is 0.387 e. The van der Waals surface area contributed by atoms with Gasteiger partial charge in [-0.1, -0.05) is 25.4 Å². The fourth-order valence-corrected chi connectivity index (χ4v) is 3.30. The van der Waals surface area contributed by atoms with E-state index in [9.17, 15) is 17.2 Å². The summed E-state index contributed by atoms with van der Waals surface area (Å²) < 4.78 is 54.6. The average molecular weight is 371 g/mol. The molecule has 0 radical (unpaired) electrons. The van der Waals surface area contributed by atoms with Crippen molar-refractivity contribution < 1.29 is 21.9 Å². The summed E-state index contributed by atoms with van der Waals surface area (Å²) in [5.41, 5.74) is 5.91. The number of sulfonamides is 1. The highest BCUT2D eigenvalue weighted by Crippen LogP contribution is 2.29. The van der Waals surface area contributed by atoms with E-state index in [1.54, 1.807) is 0 Å². The maximum absolute atomic E-state index is 12.4. The van der Waals surface area contributed by atoms with Crippen LogP contribution in [0.4, 0.5) is 8.78 Å². The summed E-state index contributed by atoms with van der Waals surface area (Å²) in [4.78, 5) is -0.0928. The second kappa shape index (κ2) is 8.23. The molecule has 1 aromatic rings. The third kappa shape index (κ3) is 5.56. The van der Waals surface area contributed by atoms with E-state index < -0.39 is 16.6 Å². The van der Waals surface area contributed by atoms with Gasteiger partial charge in [0.2, 0.25) is 10.0 Å². The lowest BCUT2D eigenvalue weighted by Gasteiger charge is -2.21. The van der Waals surface area contributed by atoms with Crippen LogP contribution in [0.5, 0.6) is 5.75 Å². The molecule has 2 N–H and O–H groups in total. The highest BCUT2D eigenvalue weighted by atomic mass is 35.5. The smallest absolute Gasteiger partial charge is 0.387 e.